The molecule has 0 aliphatic rings. The first-order valence-corrected chi connectivity index (χ1v) is 14.2. The summed E-state index contributed by atoms with van der Waals surface area (Å²) < 4.78 is 0. The molecule has 14 heteroatoms. The van der Waals surface area contributed by atoms with Gasteiger partial charge in [0.15, 0.2) is 0 Å². The molecular weight excluding hydrogens is 640 g/mol. The fraction of sp³-hybridized carbons (Fsp3) is 0.0571. The molecular formula is C35H24N2O12. The van der Waals surface area contributed by atoms with Gasteiger partial charge in [0.2, 0.25) is 0 Å². The van der Waals surface area contributed by atoms with Gasteiger partial charge >= 0.3 is 35.8 Å². The molecule has 6 aromatic rings. The lowest BCUT2D eigenvalue weighted by Gasteiger charge is -2.18. The number of aromatic amines is 1. The Labute approximate surface area is 274 Å². The number of para-hydroxylation sites is 1. The maximum atomic E-state index is 12.1. The van der Waals surface area contributed by atoms with E-state index in [2.05, 4.69) is 23.0 Å². The highest BCUT2D eigenvalue weighted by molar-refractivity contribution is 6.25. The Morgan fingerprint density at radius 1 is 0.469 bits per heavy atom. The zero-order valence-electron chi connectivity index (χ0n) is 25.4. The number of hydrogen-bond donors (Lipinski definition) is 7. The van der Waals surface area contributed by atoms with Crippen molar-refractivity contribution in [3.05, 3.63) is 111 Å². The summed E-state index contributed by atoms with van der Waals surface area (Å²) in [6.45, 7) is 4.04. The molecule has 0 spiro atoms. The molecule has 7 N–H and O–H groups in total. The molecule has 0 aliphatic heterocycles. The van der Waals surface area contributed by atoms with Crippen LogP contribution in [-0.4, -0.2) is 76.4 Å². The van der Waals surface area contributed by atoms with Crippen LogP contribution in [0.5, 0.6) is 0 Å². The lowest BCUT2D eigenvalue weighted by atomic mass is 9.84. The third kappa shape index (κ3) is 5.85. The van der Waals surface area contributed by atoms with Gasteiger partial charge in [-0.1, -0.05) is 24.3 Å². The molecule has 0 saturated carbocycles. The maximum Gasteiger partial charge on any atom is 0.336 e. The first-order valence-electron chi connectivity index (χ1n) is 14.2. The van der Waals surface area contributed by atoms with Crippen LogP contribution in [0.4, 0.5) is 0 Å². The number of benzene rings is 5. The summed E-state index contributed by atoms with van der Waals surface area (Å²) in [5.41, 5.74) is -0.134. The van der Waals surface area contributed by atoms with Gasteiger partial charge in [-0.25, -0.2) is 33.8 Å². The number of aromatic nitrogens is 2. The van der Waals surface area contributed by atoms with E-state index >= 15 is 0 Å². The molecule has 0 aliphatic carbocycles. The van der Waals surface area contributed by atoms with Crippen LogP contribution >= 0.6 is 0 Å². The number of aryl methyl sites for hydroxylation is 2. The Hall–Kier alpha value is -7.09. The molecule has 6 rings (SSSR count). The molecule has 0 unspecified atom stereocenters. The van der Waals surface area contributed by atoms with Gasteiger partial charge in [0.1, 0.15) is 5.82 Å². The van der Waals surface area contributed by atoms with Gasteiger partial charge in [-0.05, 0) is 73.0 Å². The van der Waals surface area contributed by atoms with E-state index in [1.54, 1.807) is 0 Å². The summed E-state index contributed by atoms with van der Waals surface area (Å²) >= 11 is 0. The average molecular weight is 665 g/mol. The smallest absolute Gasteiger partial charge is 0.336 e. The number of carbonyl (C=O) groups is 6. The van der Waals surface area contributed by atoms with Crippen molar-refractivity contribution in [3.8, 4) is 11.1 Å². The molecule has 1 heterocycles. The summed E-state index contributed by atoms with van der Waals surface area (Å²) in [4.78, 5) is 79.7. The maximum absolute atomic E-state index is 12.1. The van der Waals surface area contributed by atoms with E-state index in [0.717, 1.165) is 65.4 Å². The van der Waals surface area contributed by atoms with Crippen LogP contribution < -0.4 is 0 Å². The van der Waals surface area contributed by atoms with E-state index in [0.29, 0.717) is 0 Å². The van der Waals surface area contributed by atoms with E-state index in [1.807, 2.05) is 19.1 Å². The van der Waals surface area contributed by atoms with Crippen LogP contribution in [0.25, 0.3) is 43.7 Å². The van der Waals surface area contributed by atoms with Gasteiger partial charge in [-0.2, -0.15) is 0 Å². The van der Waals surface area contributed by atoms with Gasteiger partial charge in [-0.15, -0.1) is 0 Å². The normalized spacial score (nSPS) is 10.8. The molecule has 5 aromatic carbocycles. The minimum atomic E-state index is -1.57. The van der Waals surface area contributed by atoms with Gasteiger partial charge in [0.05, 0.1) is 44.4 Å². The van der Waals surface area contributed by atoms with Crippen LogP contribution in [0.2, 0.25) is 0 Å². The number of rotatable bonds is 7. The third-order valence-corrected chi connectivity index (χ3v) is 7.83. The molecule has 246 valence electrons. The molecule has 0 fully saturated rings. The monoisotopic (exact) mass is 664 g/mol. The van der Waals surface area contributed by atoms with Crippen molar-refractivity contribution >= 4 is 68.4 Å². The summed E-state index contributed by atoms with van der Waals surface area (Å²) in [5, 5.41) is 56.9. The van der Waals surface area contributed by atoms with Crippen LogP contribution in [0.3, 0.4) is 0 Å². The first-order chi connectivity index (χ1) is 23.1. The average Bonchev–Trinajstić information content (AvgIpc) is 3.43. The molecule has 49 heavy (non-hydrogen) atoms. The highest BCUT2D eigenvalue weighted by Gasteiger charge is 2.28. The number of nitrogens with zero attached hydrogens (tertiary/aromatic N) is 1. The number of imidazole rings is 1. The van der Waals surface area contributed by atoms with Crippen molar-refractivity contribution in [2.24, 2.45) is 0 Å². The largest absolute Gasteiger partial charge is 0.478 e. The minimum absolute atomic E-state index is 0.155. The highest BCUT2D eigenvalue weighted by Crippen LogP contribution is 2.41. The second kappa shape index (κ2) is 12.6. The SMILES string of the molecule is Cc1nc2c(C)cccc2[nH]1.O=C(O)c1ccc(C(=O)O)c2c(-c3ccc(C(=O)O)c4c(C(=O)O)ccc(C(=O)O)c34)ccc(C(=O)O)c12. The first kappa shape index (κ1) is 33.3. The van der Waals surface area contributed by atoms with E-state index in [-0.39, 0.29) is 21.9 Å². The standard InChI is InChI=1S/C26H14O12.C9H10N2/c27-21(28)11-5-7-15(25(35)36)19-13(23(31)32)3-1-9(17(11)19)10-2-4-14(24(33)34)20-16(26(37)38)8-6-12(18(10)20)22(29)30;1-6-4-3-5-8-9(6)11-7(2)10-8/h1-8H,(H,27,28)(H,29,30)(H,31,32)(H,33,34)(H,35,36)(H,37,38);3-5H,1-2H3,(H,10,11). The second-order valence-corrected chi connectivity index (χ2v) is 10.8. The van der Waals surface area contributed by atoms with Gasteiger partial charge < -0.3 is 35.6 Å². The lowest BCUT2D eigenvalue weighted by Crippen LogP contribution is -2.10. The predicted octanol–water partition coefficient (Wildman–Crippen LogP) is 6.03. The zero-order chi connectivity index (χ0) is 35.9. The second-order valence-electron chi connectivity index (χ2n) is 10.8. The third-order valence-electron chi connectivity index (χ3n) is 7.83. The van der Waals surface area contributed by atoms with Gasteiger partial charge in [0.25, 0.3) is 0 Å². The fourth-order valence-corrected chi connectivity index (χ4v) is 5.81. The summed E-state index contributed by atoms with van der Waals surface area (Å²) in [6, 6.07) is 14.1. The van der Waals surface area contributed by atoms with Gasteiger partial charge in [-0.3, -0.25) is 0 Å². The zero-order valence-corrected chi connectivity index (χ0v) is 25.4. The summed E-state index contributed by atoms with van der Waals surface area (Å²) in [7, 11) is 0. The van der Waals surface area contributed by atoms with Crippen molar-refractivity contribution in [3.63, 3.8) is 0 Å². The van der Waals surface area contributed by atoms with Crippen molar-refractivity contribution in [1.82, 2.24) is 9.97 Å². The van der Waals surface area contributed by atoms with Crippen molar-refractivity contribution in [2.75, 3.05) is 0 Å². The number of nitrogens with one attached hydrogen (secondary N) is 1. The van der Waals surface area contributed by atoms with Crippen LogP contribution in [0.1, 0.15) is 73.5 Å². The molecule has 0 radical (unpaired) electrons. The van der Waals surface area contributed by atoms with E-state index in [1.165, 1.54) is 5.56 Å². The molecule has 0 saturated heterocycles. The summed E-state index contributed by atoms with van der Waals surface area (Å²) in [6.07, 6.45) is 0. The van der Waals surface area contributed by atoms with Crippen LogP contribution in [0, 0.1) is 13.8 Å². The van der Waals surface area contributed by atoms with Gasteiger partial charge in [0, 0.05) is 21.5 Å². The number of H-pyrrole nitrogens is 1. The lowest BCUT2D eigenvalue weighted by molar-refractivity contribution is 0.0679. The Kier molecular flexibility index (Phi) is 8.56. The summed E-state index contributed by atoms with van der Waals surface area (Å²) in [5.74, 6) is -8.43. The van der Waals surface area contributed by atoms with Crippen molar-refractivity contribution in [2.45, 2.75) is 13.8 Å². The Balaban J connectivity index is 0.000000357. The number of hydrogen-bond acceptors (Lipinski definition) is 7. The van der Waals surface area contributed by atoms with Crippen LogP contribution in [-0.2, 0) is 0 Å². The number of carboxylic acids is 6. The van der Waals surface area contributed by atoms with E-state index < -0.39 is 80.0 Å². The molecule has 0 amide bonds. The number of carboxylic acid groups (broad SMARTS) is 6. The number of fused-ring (bicyclic) bond motifs is 3. The predicted molar refractivity (Wildman–Crippen MR) is 174 cm³/mol. The van der Waals surface area contributed by atoms with E-state index in [9.17, 15) is 59.4 Å². The van der Waals surface area contributed by atoms with Crippen molar-refractivity contribution in [1.29, 1.82) is 0 Å². The van der Waals surface area contributed by atoms with Crippen molar-refractivity contribution < 1.29 is 59.4 Å². The molecule has 0 atom stereocenters. The Morgan fingerprint density at radius 3 is 1.12 bits per heavy atom. The minimum Gasteiger partial charge on any atom is -0.478 e. The Morgan fingerprint density at radius 2 is 0.796 bits per heavy atom. The highest BCUT2D eigenvalue weighted by atomic mass is 16.4. The molecule has 1 aromatic heterocycles. The van der Waals surface area contributed by atoms with E-state index in [4.69, 9.17) is 0 Å². The number of aromatic carboxylic acids is 6. The topological polar surface area (TPSA) is 252 Å². The van der Waals surface area contributed by atoms with Crippen LogP contribution in [0.15, 0.2) is 66.7 Å². The molecule has 0 bridgehead atoms. The Bertz CT molecular complexity index is 2270. The quantitative estimate of drug-likeness (QED) is 0.103. The molecule has 14 nitrogen and oxygen atoms in total. The fourth-order valence-electron chi connectivity index (χ4n) is 5.81.